The highest BCUT2D eigenvalue weighted by molar-refractivity contribution is 5.96. The molecule has 7 heteroatoms. The van der Waals surface area contributed by atoms with Gasteiger partial charge in [0, 0.05) is 42.9 Å². The van der Waals surface area contributed by atoms with Crippen molar-refractivity contribution in [3.8, 4) is 5.75 Å². The van der Waals surface area contributed by atoms with Crippen molar-refractivity contribution < 1.29 is 13.9 Å². The predicted octanol–water partition coefficient (Wildman–Crippen LogP) is 3.32. The van der Waals surface area contributed by atoms with Gasteiger partial charge in [-0.1, -0.05) is 6.92 Å². The van der Waals surface area contributed by atoms with Gasteiger partial charge < -0.3 is 19.0 Å². The minimum Gasteiger partial charge on any atom is -0.493 e. The van der Waals surface area contributed by atoms with Gasteiger partial charge in [-0.2, -0.15) is 0 Å². The van der Waals surface area contributed by atoms with Crippen molar-refractivity contribution in [2.75, 3.05) is 19.7 Å². The van der Waals surface area contributed by atoms with Crippen molar-refractivity contribution in [2.45, 2.75) is 32.1 Å². The van der Waals surface area contributed by atoms with Crippen LogP contribution in [0, 0.1) is 0 Å². The van der Waals surface area contributed by atoms with Crippen molar-refractivity contribution >= 4 is 16.9 Å². The lowest BCUT2D eigenvalue weighted by molar-refractivity contribution is 0.0707. The first kappa shape index (κ1) is 18.3. The van der Waals surface area contributed by atoms with E-state index in [9.17, 15) is 9.59 Å². The molecule has 1 saturated heterocycles. The molecule has 7 nitrogen and oxygen atoms in total. The van der Waals surface area contributed by atoms with Crippen LogP contribution in [0.1, 0.15) is 48.3 Å². The number of carbonyl (C=O) groups is 1. The van der Waals surface area contributed by atoms with Gasteiger partial charge >= 0.3 is 5.63 Å². The molecule has 0 spiro atoms. The van der Waals surface area contributed by atoms with Gasteiger partial charge in [0.2, 0.25) is 0 Å². The summed E-state index contributed by atoms with van der Waals surface area (Å²) in [4.78, 5) is 34.5. The lowest BCUT2D eigenvalue weighted by atomic mass is 9.95. The molecule has 146 valence electrons. The third kappa shape index (κ3) is 3.65. The van der Waals surface area contributed by atoms with Gasteiger partial charge in [-0.05, 0) is 37.5 Å². The van der Waals surface area contributed by atoms with Crippen LogP contribution in [-0.4, -0.2) is 40.5 Å². The highest BCUT2D eigenvalue weighted by Crippen LogP contribution is 2.26. The topological polar surface area (TPSA) is 88.4 Å². The SMILES string of the molecule is CCCOc1ccc2cc(C(=O)N3CCC(c4ncc[nH]4)CC3)c(=O)oc2c1. The number of piperidine rings is 1. The number of ether oxygens (including phenoxy) is 1. The molecule has 0 unspecified atom stereocenters. The molecule has 0 bridgehead atoms. The minimum atomic E-state index is -0.613. The number of amides is 1. The molecule has 0 radical (unpaired) electrons. The zero-order chi connectivity index (χ0) is 19.5. The largest absolute Gasteiger partial charge is 0.493 e. The van der Waals surface area contributed by atoms with Crippen LogP contribution < -0.4 is 10.4 Å². The Morgan fingerprint density at radius 3 is 2.86 bits per heavy atom. The van der Waals surface area contributed by atoms with E-state index < -0.39 is 5.63 Å². The maximum absolute atomic E-state index is 12.9. The maximum Gasteiger partial charge on any atom is 0.349 e. The third-order valence-corrected chi connectivity index (χ3v) is 5.10. The van der Waals surface area contributed by atoms with E-state index in [2.05, 4.69) is 9.97 Å². The van der Waals surface area contributed by atoms with E-state index in [0.29, 0.717) is 42.3 Å². The number of rotatable bonds is 5. The van der Waals surface area contributed by atoms with Gasteiger partial charge in [-0.25, -0.2) is 9.78 Å². The fraction of sp³-hybridized carbons (Fsp3) is 0.381. The fourth-order valence-electron chi connectivity index (χ4n) is 3.58. The summed E-state index contributed by atoms with van der Waals surface area (Å²) in [5.74, 6) is 1.64. The van der Waals surface area contributed by atoms with Gasteiger partial charge in [-0.3, -0.25) is 4.79 Å². The van der Waals surface area contributed by atoms with Crippen LogP contribution in [0.4, 0.5) is 0 Å². The van der Waals surface area contributed by atoms with E-state index in [0.717, 1.165) is 25.1 Å². The van der Waals surface area contributed by atoms with Gasteiger partial charge in [0.1, 0.15) is 22.7 Å². The quantitative estimate of drug-likeness (QED) is 0.685. The Labute approximate surface area is 162 Å². The summed E-state index contributed by atoms with van der Waals surface area (Å²) in [7, 11) is 0. The van der Waals surface area contributed by atoms with Gasteiger partial charge in [0.15, 0.2) is 0 Å². The molecule has 1 amide bonds. The van der Waals surface area contributed by atoms with Crippen LogP contribution in [0.2, 0.25) is 0 Å². The molecule has 3 heterocycles. The van der Waals surface area contributed by atoms with Crippen molar-refractivity contribution in [1.29, 1.82) is 0 Å². The first-order valence-corrected chi connectivity index (χ1v) is 9.65. The number of benzene rings is 1. The van der Waals surface area contributed by atoms with Crippen LogP contribution >= 0.6 is 0 Å². The van der Waals surface area contributed by atoms with Gasteiger partial charge in [0.25, 0.3) is 5.91 Å². The molecule has 1 fully saturated rings. The van der Waals surface area contributed by atoms with Crippen LogP contribution in [0.3, 0.4) is 0 Å². The smallest absolute Gasteiger partial charge is 0.349 e. The normalized spacial score (nSPS) is 15.1. The molecule has 1 aliphatic heterocycles. The highest BCUT2D eigenvalue weighted by atomic mass is 16.5. The number of fused-ring (bicyclic) bond motifs is 1. The van der Waals surface area contributed by atoms with Gasteiger partial charge in [0.05, 0.1) is 6.61 Å². The van der Waals surface area contributed by atoms with E-state index in [1.165, 1.54) is 0 Å². The van der Waals surface area contributed by atoms with Crippen LogP contribution in [0.25, 0.3) is 11.0 Å². The zero-order valence-electron chi connectivity index (χ0n) is 15.8. The Morgan fingerprint density at radius 2 is 2.14 bits per heavy atom. The first-order chi connectivity index (χ1) is 13.7. The third-order valence-electron chi connectivity index (χ3n) is 5.10. The number of aromatic nitrogens is 2. The summed E-state index contributed by atoms with van der Waals surface area (Å²) in [6.07, 6.45) is 6.08. The number of nitrogens with one attached hydrogen (secondary N) is 1. The van der Waals surface area contributed by atoms with E-state index in [1.54, 1.807) is 23.2 Å². The molecular weight excluding hydrogens is 358 g/mol. The van der Waals surface area contributed by atoms with Crippen molar-refractivity contribution in [2.24, 2.45) is 0 Å². The van der Waals surface area contributed by atoms with Crippen molar-refractivity contribution in [1.82, 2.24) is 14.9 Å². The Kier molecular flexibility index (Phi) is 5.14. The van der Waals surface area contributed by atoms with Crippen LogP contribution in [0.15, 0.2) is 45.9 Å². The second-order valence-corrected chi connectivity index (χ2v) is 7.04. The van der Waals surface area contributed by atoms with E-state index in [4.69, 9.17) is 9.15 Å². The summed E-state index contributed by atoms with van der Waals surface area (Å²) in [6.45, 7) is 3.80. The number of imidazole rings is 1. The van der Waals surface area contributed by atoms with E-state index in [-0.39, 0.29) is 11.5 Å². The standard InChI is InChI=1S/C21H23N3O4/c1-2-11-27-16-4-3-15-12-17(21(26)28-18(15)13-16)20(25)24-9-5-14(6-10-24)19-22-7-8-23-19/h3-4,7-8,12-14H,2,5-6,9-11H2,1H3,(H,22,23). The molecule has 28 heavy (non-hydrogen) atoms. The Hall–Kier alpha value is -3.09. The summed E-state index contributed by atoms with van der Waals surface area (Å²) < 4.78 is 11.0. The van der Waals surface area contributed by atoms with Crippen molar-refractivity contribution in [3.63, 3.8) is 0 Å². The second kappa shape index (κ2) is 7.88. The molecule has 0 saturated carbocycles. The number of H-pyrrole nitrogens is 1. The maximum atomic E-state index is 12.9. The Balaban J connectivity index is 1.51. The van der Waals surface area contributed by atoms with Gasteiger partial charge in [-0.15, -0.1) is 0 Å². The zero-order valence-corrected chi connectivity index (χ0v) is 15.8. The average Bonchev–Trinajstić information content (AvgIpc) is 3.26. The molecule has 2 aromatic heterocycles. The molecule has 1 N–H and O–H groups in total. The van der Waals surface area contributed by atoms with E-state index >= 15 is 0 Å². The Morgan fingerprint density at radius 1 is 1.32 bits per heavy atom. The lowest BCUT2D eigenvalue weighted by Gasteiger charge is -2.30. The minimum absolute atomic E-state index is 0.0752. The monoisotopic (exact) mass is 381 g/mol. The number of likely N-dealkylation sites (tertiary alicyclic amines) is 1. The number of hydrogen-bond donors (Lipinski definition) is 1. The molecule has 1 aliphatic rings. The van der Waals surface area contributed by atoms with E-state index in [1.807, 2.05) is 25.3 Å². The number of aromatic amines is 1. The average molecular weight is 381 g/mol. The molecule has 1 aromatic carbocycles. The number of nitrogens with zero attached hydrogens (tertiary/aromatic N) is 2. The van der Waals surface area contributed by atoms with Crippen LogP contribution in [-0.2, 0) is 0 Å². The summed E-state index contributed by atoms with van der Waals surface area (Å²) in [5, 5.41) is 0.706. The Bertz CT molecular complexity index is 1020. The fourth-order valence-corrected chi connectivity index (χ4v) is 3.58. The summed E-state index contributed by atoms with van der Waals surface area (Å²) in [6, 6.07) is 6.94. The molecular formula is C21H23N3O4. The summed E-state index contributed by atoms with van der Waals surface area (Å²) in [5.41, 5.74) is -0.115. The number of carbonyl (C=O) groups excluding carboxylic acids is 1. The molecule has 3 aromatic rings. The van der Waals surface area contributed by atoms with Crippen LogP contribution in [0.5, 0.6) is 5.75 Å². The lowest BCUT2D eigenvalue weighted by Crippen LogP contribution is -2.39. The predicted molar refractivity (Wildman–Crippen MR) is 105 cm³/mol. The molecule has 4 rings (SSSR count). The van der Waals surface area contributed by atoms with Crippen molar-refractivity contribution in [3.05, 3.63) is 58.5 Å². The highest BCUT2D eigenvalue weighted by Gasteiger charge is 2.27. The summed E-state index contributed by atoms with van der Waals surface area (Å²) >= 11 is 0. The number of hydrogen-bond acceptors (Lipinski definition) is 5. The first-order valence-electron chi connectivity index (χ1n) is 9.65. The molecule has 0 atom stereocenters. The second-order valence-electron chi connectivity index (χ2n) is 7.04. The molecule has 0 aliphatic carbocycles.